The lowest BCUT2D eigenvalue weighted by atomic mass is 9.89. The highest BCUT2D eigenvalue weighted by Crippen LogP contribution is 2.29. The third-order valence-corrected chi connectivity index (χ3v) is 3.41. The summed E-state index contributed by atoms with van der Waals surface area (Å²) in [6.07, 6.45) is 0. The van der Waals surface area contributed by atoms with E-state index in [1.54, 1.807) is 12.1 Å². The summed E-state index contributed by atoms with van der Waals surface area (Å²) in [5.41, 5.74) is 0.400. The fourth-order valence-electron chi connectivity index (χ4n) is 2.34. The average molecular weight is 300 g/mol. The van der Waals surface area contributed by atoms with Crippen LogP contribution in [0, 0.1) is 5.82 Å². The van der Waals surface area contributed by atoms with Gasteiger partial charge in [0.15, 0.2) is 0 Å². The Morgan fingerprint density at radius 2 is 1.23 bits per heavy atom. The largest absolute Gasteiger partial charge is 0.463 e. The molecule has 0 aromatic heterocycles. The molecule has 22 heavy (non-hydrogen) atoms. The zero-order chi connectivity index (χ0) is 15.7. The normalized spacial score (nSPS) is 10.8. The van der Waals surface area contributed by atoms with Gasteiger partial charge in [0.25, 0.3) is 0 Å². The van der Waals surface area contributed by atoms with E-state index >= 15 is 0 Å². The minimum absolute atomic E-state index is 0.268. The number of hydrogen-bond acceptors (Lipinski definition) is 3. The molecule has 0 radical (unpaired) electrons. The summed E-state index contributed by atoms with van der Waals surface area (Å²) in [4.78, 5) is 23.7. The van der Waals surface area contributed by atoms with Crippen molar-refractivity contribution in [2.45, 2.75) is 0 Å². The summed E-state index contributed by atoms with van der Waals surface area (Å²) in [5.74, 6) is -0.0926. The molecular formula is C17H10F2O3. The number of halogens is 2. The van der Waals surface area contributed by atoms with E-state index in [0.717, 1.165) is 0 Å². The molecule has 0 bridgehead atoms. The predicted molar refractivity (Wildman–Crippen MR) is 78.8 cm³/mol. The Labute approximate surface area is 124 Å². The summed E-state index contributed by atoms with van der Waals surface area (Å²) in [7, 11) is 0. The first-order valence-electron chi connectivity index (χ1n) is 6.50. The van der Waals surface area contributed by atoms with Crippen LogP contribution in [-0.4, -0.2) is 6.86 Å². The van der Waals surface area contributed by atoms with Crippen LogP contribution in [0.1, 0.15) is 0 Å². The molecule has 0 N–H and O–H groups in total. The predicted octanol–water partition coefficient (Wildman–Crippen LogP) is 3.06. The standard InChI is InChI=1S/C17H10F2O3/c18-9-22-13-7-3-11(4-8-13)15-14(16(20)17(15)21)10-1-5-12(19)6-2-10/h1-8H,9H2. The van der Waals surface area contributed by atoms with Crippen LogP contribution in [0.3, 0.4) is 0 Å². The molecule has 0 unspecified atom stereocenters. The maximum Gasteiger partial charge on any atom is 0.234 e. The van der Waals surface area contributed by atoms with Crippen molar-refractivity contribution in [1.82, 2.24) is 0 Å². The van der Waals surface area contributed by atoms with Gasteiger partial charge in [-0.05, 0) is 35.4 Å². The second-order valence-electron chi connectivity index (χ2n) is 4.69. The van der Waals surface area contributed by atoms with Crippen molar-refractivity contribution in [2.75, 3.05) is 6.86 Å². The molecule has 3 aromatic carbocycles. The van der Waals surface area contributed by atoms with Gasteiger partial charge in [-0.3, -0.25) is 9.59 Å². The Bertz CT molecular complexity index is 874. The third-order valence-electron chi connectivity index (χ3n) is 3.41. The zero-order valence-electron chi connectivity index (χ0n) is 11.3. The number of ether oxygens (including phenoxy) is 1. The lowest BCUT2D eigenvalue weighted by Crippen LogP contribution is -2.34. The second-order valence-corrected chi connectivity index (χ2v) is 4.69. The first kappa shape index (κ1) is 14.1. The van der Waals surface area contributed by atoms with Crippen LogP contribution in [0.25, 0.3) is 22.3 Å². The van der Waals surface area contributed by atoms with E-state index in [1.807, 2.05) is 0 Å². The van der Waals surface area contributed by atoms with Gasteiger partial charge in [0.05, 0.1) is 0 Å². The molecule has 0 atom stereocenters. The van der Waals surface area contributed by atoms with E-state index < -0.39 is 23.5 Å². The zero-order valence-corrected chi connectivity index (χ0v) is 11.3. The molecule has 0 aliphatic rings. The van der Waals surface area contributed by atoms with Crippen molar-refractivity contribution in [1.29, 1.82) is 0 Å². The van der Waals surface area contributed by atoms with Gasteiger partial charge in [0.1, 0.15) is 11.6 Å². The molecule has 3 aromatic rings. The Kier molecular flexibility index (Phi) is 3.55. The molecule has 110 valence electrons. The average Bonchev–Trinajstić information content (AvgIpc) is 2.54. The molecule has 0 aliphatic heterocycles. The lowest BCUT2D eigenvalue weighted by molar-refractivity contribution is 0.192. The summed E-state index contributed by atoms with van der Waals surface area (Å²) in [6.45, 7) is -0.944. The summed E-state index contributed by atoms with van der Waals surface area (Å²) in [6, 6.07) is 11.6. The Balaban J connectivity index is 2.05. The fraction of sp³-hybridized carbons (Fsp3) is 0.0588. The highest BCUT2D eigenvalue weighted by atomic mass is 19.1. The first-order chi connectivity index (χ1) is 10.6. The van der Waals surface area contributed by atoms with Gasteiger partial charge < -0.3 is 4.74 Å². The van der Waals surface area contributed by atoms with Crippen LogP contribution in [0.2, 0.25) is 0 Å². The maximum absolute atomic E-state index is 13.0. The highest BCUT2D eigenvalue weighted by molar-refractivity contribution is 5.87. The van der Waals surface area contributed by atoms with E-state index in [0.29, 0.717) is 16.9 Å². The minimum Gasteiger partial charge on any atom is -0.463 e. The molecule has 0 amide bonds. The number of hydrogen-bond donors (Lipinski definition) is 0. The van der Waals surface area contributed by atoms with Crippen LogP contribution in [0.15, 0.2) is 58.1 Å². The Morgan fingerprint density at radius 3 is 1.68 bits per heavy atom. The van der Waals surface area contributed by atoms with E-state index in [2.05, 4.69) is 4.74 Å². The summed E-state index contributed by atoms with van der Waals surface area (Å²) < 4.78 is 29.7. The lowest BCUT2D eigenvalue weighted by Gasteiger charge is -2.12. The molecule has 3 rings (SSSR count). The van der Waals surface area contributed by atoms with Gasteiger partial charge in [-0.2, -0.15) is 0 Å². The van der Waals surface area contributed by atoms with Gasteiger partial charge in [0, 0.05) is 11.1 Å². The van der Waals surface area contributed by atoms with Gasteiger partial charge in [0.2, 0.25) is 17.7 Å². The van der Waals surface area contributed by atoms with Gasteiger partial charge in [-0.1, -0.05) is 24.3 Å². The van der Waals surface area contributed by atoms with Crippen LogP contribution in [-0.2, 0) is 0 Å². The Morgan fingerprint density at radius 1 is 0.773 bits per heavy atom. The Hall–Kier alpha value is -2.82. The molecule has 0 saturated carbocycles. The quantitative estimate of drug-likeness (QED) is 0.696. The topological polar surface area (TPSA) is 43.4 Å². The monoisotopic (exact) mass is 300 g/mol. The number of alkyl halides is 1. The van der Waals surface area contributed by atoms with Crippen molar-refractivity contribution in [3.63, 3.8) is 0 Å². The van der Waals surface area contributed by atoms with Crippen LogP contribution in [0.5, 0.6) is 5.75 Å². The first-order valence-corrected chi connectivity index (χ1v) is 6.50. The molecule has 0 aliphatic carbocycles. The van der Waals surface area contributed by atoms with E-state index in [-0.39, 0.29) is 11.1 Å². The van der Waals surface area contributed by atoms with Crippen LogP contribution in [0.4, 0.5) is 8.78 Å². The van der Waals surface area contributed by atoms with Gasteiger partial charge >= 0.3 is 0 Å². The molecule has 0 spiro atoms. The van der Waals surface area contributed by atoms with Crippen molar-refractivity contribution >= 4 is 0 Å². The van der Waals surface area contributed by atoms with Gasteiger partial charge in [-0.25, -0.2) is 8.78 Å². The van der Waals surface area contributed by atoms with Crippen LogP contribution < -0.4 is 15.6 Å². The SMILES string of the molecule is O=c1c(-c2ccc(F)cc2)c(-c2ccc(OCF)cc2)c1=O. The van der Waals surface area contributed by atoms with E-state index in [1.165, 1.54) is 36.4 Å². The molecular weight excluding hydrogens is 290 g/mol. The smallest absolute Gasteiger partial charge is 0.234 e. The fourth-order valence-corrected chi connectivity index (χ4v) is 2.34. The van der Waals surface area contributed by atoms with Crippen LogP contribution >= 0.6 is 0 Å². The number of rotatable bonds is 4. The molecule has 0 saturated heterocycles. The maximum atomic E-state index is 13.0. The van der Waals surface area contributed by atoms with Gasteiger partial charge in [-0.15, -0.1) is 0 Å². The molecule has 0 fully saturated rings. The van der Waals surface area contributed by atoms with Crippen molar-refractivity contribution in [3.8, 4) is 28.0 Å². The van der Waals surface area contributed by atoms with Crippen molar-refractivity contribution in [2.24, 2.45) is 0 Å². The van der Waals surface area contributed by atoms with E-state index in [9.17, 15) is 18.4 Å². The number of benzene rings is 2. The molecule has 3 nitrogen and oxygen atoms in total. The van der Waals surface area contributed by atoms with Crippen molar-refractivity contribution in [3.05, 3.63) is 74.8 Å². The summed E-state index contributed by atoms with van der Waals surface area (Å²) >= 11 is 0. The van der Waals surface area contributed by atoms with Crippen molar-refractivity contribution < 1.29 is 13.5 Å². The third kappa shape index (κ3) is 2.30. The molecule has 0 heterocycles. The molecule has 5 heteroatoms. The second kappa shape index (κ2) is 5.52. The highest BCUT2D eigenvalue weighted by Gasteiger charge is 2.23. The van der Waals surface area contributed by atoms with E-state index in [4.69, 9.17) is 0 Å². The minimum atomic E-state index is -0.944. The summed E-state index contributed by atoms with van der Waals surface area (Å²) in [5, 5.41) is 0.